The zero-order valence-electron chi connectivity index (χ0n) is 17.9. The van der Waals surface area contributed by atoms with Crippen molar-refractivity contribution in [2.75, 3.05) is 50.8 Å². The summed E-state index contributed by atoms with van der Waals surface area (Å²) in [6.45, 7) is 6.48. The van der Waals surface area contributed by atoms with Gasteiger partial charge in [-0.05, 0) is 36.2 Å². The predicted molar refractivity (Wildman–Crippen MR) is 123 cm³/mol. The molecule has 1 saturated heterocycles. The van der Waals surface area contributed by atoms with Crippen LogP contribution < -0.4 is 10.2 Å². The van der Waals surface area contributed by atoms with Crippen LogP contribution in [0.3, 0.4) is 0 Å². The molecule has 1 aliphatic heterocycles. The quantitative estimate of drug-likeness (QED) is 0.645. The van der Waals surface area contributed by atoms with E-state index in [2.05, 4.69) is 28.4 Å². The van der Waals surface area contributed by atoms with Crippen molar-refractivity contribution >= 4 is 23.2 Å². The Kier molecular flexibility index (Phi) is 8.86. The van der Waals surface area contributed by atoms with Gasteiger partial charge in [0.05, 0.1) is 32.2 Å². The van der Waals surface area contributed by atoms with Crippen molar-refractivity contribution in [2.24, 2.45) is 0 Å². The van der Waals surface area contributed by atoms with Gasteiger partial charge in [-0.3, -0.25) is 9.69 Å². The maximum atomic E-state index is 13.2. The monoisotopic (exact) mass is 440 g/mol. The van der Waals surface area contributed by atoms with Crippen molar-refractivity contribution < 1.29 is 9.53 Å². The smallest absolute Gasteiger partial charge is 0.240 e. The highest BCUT2D eigenvalue weighted by molar-refractivity contribution is 6.31. The van der Waals surface area contributed by atoms with E-state index in [-0.39, 0.29) is 24.9 Å². The Labute approximate surface area is 189 Å². The van der Waals surface area contributed by atoms with Crippen LogP contribution in [0.2, 0.25) is 5.02 Å². The Bertz CT molecular complexity index is 894. The van der Waals surface area contributed by atoms with E-state index in [4.69, 9.17) is 21.6 Å². The van der Waals surface area contributed by atoms with Crippen LogP contribution in [-0.4, -0.2) is 56.7 Å². The van der Waals surface area contributed by atoms with Crippen molar-refractivity contribution in [2.45, 2.75) is 19.4 Å². The lowest BCUT2D eigenvalue weighted by Crippen LogP contribution is -2.45. The van der Waals surface area contributed by atoms with Crippen molar-refractivity contribution in [3.05, 3.63) is 64.7 Å². The highest BCUT2D eigenvalue weighted by atomic mass is 35.5. The first-order chi connectivity index (χ1) is 15.1. The summed E-state index contributed by atoms with van der Waals surface area (Å²) >= 11 is 6.15. The minimum absolute atomic E-state index is 0.0213. The van der Waals surface area contributed by atoms with Gasteiger partial charge in [-0.2, -0.15) is 5.26 Å². The fraction of sp³-hybridized carbons (Fsp3) is 0.417. The van der Waals surface area contributed by atoms with E-state index in [1.54, 1.807) is 11.0 Å². The molecule has 1 fully saturated rings. The number of nitrogens with one attached hydrogen (secondary N) is 1. The summed E-state index contributed by atoms with van der Waals surface area (Å²) in [5.41, 5.74) is 2.80. The molecule has 1 unspecified atom stereocenters. The topological polar surface area (TPSA) is 68.6 Å². The fourth-order valence-corrected chi connectivity index (χ4v) is 3.79. The summed E-state index contributed by atoms with van der Waals surface area (Å²) in [7, 11) is 0. The van der Waals surface area contributed by atoms with E-state index in [0.29, 0.717) is 11.6 Å². The molecule has 1 aliphatic rings. The van der Waals surface area contributed by atoms with E-state index in [9.17, 15) is 4.79 Å². The zero-order valence-corrected chi connectivity index (χ0v) is 18.6. The van der Waals surface area contributed by atoms with E-state index in [0.717, 1.165) is 49.7 Å². The van der Waals surface area contributed by atoms with Gasteiger partial charge in [0.1, 0.15) is 0 Å². The number of hydrogen-bond acceptors (Lipinski definition) is 5. The normalized spacial score (nSPS) is 15.3. The van der Waals surface area contributed by atoms with Gasteiger partial charge in [-0.15, -0.1) is 0 Å². The molecule has 0 radical (unpaired) electrons. The lowest BCUT2D eigenvalue weighted by molar-refractivity contribution is -0.118. The first-order valence-electron chi connectivity index (χ1n) is 10.6. The summed E-state index contributed by atoms with van der Waals surface area (Å²) in [6, 6.07) is 17.8. The summed E-state index contributed by atoms with van der Waals surface area (Å²) in [4.78, 5) is 17.2. The maximum absolute atomic E-state index is 13.2. The Morgan fingerprint density at radius 3 is 2.68 bits per heavy atom. The van der Waals surface area contributed by atoms with Crippen molar-refractivity contribution in [1.29, 1.82) is 5.26 Å². The van der Waals surface area contributed by atoms with E-state index in [1.165, 1.54) is 0 Å². The summed E-state index contributed by atoms with van der Waals surface area (Å²) in [5, 5.41) is 13.2. The van der Waals surface area contributed by atoms with Crippen LogP contribution >= 0.6 is 11.6 Å². The molecule has 1 heterocycles. The Balaban J connectivity index is 1.71. The molecular formula is C24H29ClN4O2. The second-order valence-electron chi connectivity index (χ2n) is 7.64. The number of ether oxygens (including phenoxy) is 1. The molecule has 0 bridgehead atoms. The maximum Gasteiger partial charge on any atom is 0.240 e. The van der Waals surface area contributed by atoms with Crippen molar-refractivity contribution in [3.63, 3.8) is 0 Å². The first kappa shape index (κ1) is 23.2. The number of morpholine rings is 1. The van der Waals surface area contributed by atoms with Crippen LogP contribution in [0.15, 0.2) is 48.5 Å². The summed E-state index contributed by atoms with van der Waals surface area (Å²) in [5.74, 6) is -0.0696. The lowest BCUT2D eigenvalue weighted by atomic mass is 10.1. The predicted octanol–water partition coefficient (Wildman–Crippen LogP) is 3.56. The molecule has 0 aliphatic carbocycles. The highest BCUT2D eigenvalue weighted by Crippen LogP contribution is 2.23. The molecule has 0 aromatic heterocycles. The Morgan fingerprint density at radius 1 is 1.26 bits per heavy atom. The number of carbonyl (C=O) groups excluding carboxylic acids is 1. The third-order valence-electron chi connectivity index (χ3n) is 5.45. The molecule has 6 nitrogen and oxygen atoms in total. The van der Waals surface area contributed by atoms with Gasteiger partial charge in [0.2, 0.25) is 5.91 Å². The number of amides is 1. The molecule has 2 aromatic rings. The van der Waals surface area contributed by atoms with Gasteiger partial charge in [0.15, 0.2) is 0 Å². The molecule has 7 heteroatoms. The number of anilines is 1. The minimum atomic E-state index is -0.0696. The van der Waals surface area contributed by atoms with E-state index >= 15 is 0 Å². The standard InChI is InChI=1S/C24H29ClN4O2/c1-19-16-21(8-9-22(19)25)29(11-5-10-26)24(30)17-27-23(20-6-3-2-4-7-20)18-28-12-14-31-15-13-28/h2-4,6-9,16,23,27H,5,11-15,17-18H2,1H3. The first-order valence-corrected chi connectivity index (χ1v) is 11.0. The number of nitrogens with zero attached hydrogens (tertiary/aromatic N) is 3. The van der Waals surface area contributed by atoms with Crippen LogP contribution in [0.4, 0.5) is 5.69 Å². The highest BCUT2D eigenvalue weighted by Gasteiger charge is 2.21. The van der Waals surface area contributed by atoms with Gasteiger partial charge in [0.25, 0.3) is 0 Å². The van der Waals surface area contributed by atoms with E-state index in [1.807, 2.05) is 37.3 Å². The third-order valence-corrected chi connectivity index (χ3v) is 5.87. The molecule has 1 amide bonds. The number of hydrogen-bond donors (Lipinski definition) is 1. The molecule has 0 spiro atoms. The number of benzene rings is 2. The molecule has 1 atom stereocenters. The van der Waals surface area contributed by atoms with Gasteiger partial charge < -0.3 is 15.0 Å². The Hall–Kier alpha value is -2.43. The van der Waals surface area contributed by atoms with Crippen LogP contribution in [-0.2, 0) is 9.53 Å². The molecule has 2 aromatic carbocycles. The van der Waals surface area contributed by atoms with Crippen LogP contribution in [0.25, 0.3) is 0 Å². The number of aryl methyl sites for hydroxylation is 1. The van der Waals surface area contributed by atoms with E-state index < -0.39 is 0 Å². The lowest BCUT2D eigenvalue weighted by Gasteiger charge is -2.31. The molecule has 164 valence electrons. The zero-order chi connectivity index (χ0) is 22.1. The fourth-order valence-electron chi connectivity index (χ4n) is 3.68. The third kappa shape index (κ3) is 6.78. The number of nitriles is 1. The molecular weight excluding hydrogens is 412 g/mol. The molecule has 31 heavy (non-hydrogen) atoms. The summed E-state index contributed by atoms with van der Waals surface area (Å²) in [6.07, 6.45) is 0.267. The minimum Gasteiger partial charge on any atom is -0.379 e. The average Bonchev–Trinajstić information content (AvgIpc) is 2.80. The molecule has 3 rings (SSSR count). The largest absolute Gasteiger partial charge is 0.379 e. The van der Waals surface area contributed by atoms with Crippen LogP contribution in [0, 0.1) is 18.3 Å². The van der Waals surface area contributed by atoms with Gasteiger partial charge in [0, 0.05) is 42.9 Å². The van der Waals surface area contributed by atoms with Gasteiger partial charge in [-0.25, -0.2) is 0 Å². The summed E-state index contributed by atoms with van der Waals surface area (Å²) < 4.78 is 5.46. The van der Waals surface area contributed by atoms with Crippen LogP contribution in [0.1, 0.15) is 23.6 Å². The molecule has 1 N–H and O–H groups in total. The number of carbonyl (C=O) groups is 1. The van der Waals surface area contributed by atoms with Crippen molar-refractivity contribution in [3.8, 4) is 6.07 Å². The molecule has 0 saturated carbocycles. The van der Waals surface area contributed by atoms with Crippen molar-refractivity contribution in [1.82, 2.24) is 10.2 Å². The average molecular weight is 441 g/mol. The number of rotatable bonds is 9. The van der Waals surface area contributed by atoms with Gasteiger partial charge >= 0.3 is 0 Å². The SMILES string of the molecule is Cc1cc(N(CCC#N)C(=O)CNC(CN2CCOCC2)c2ccccc2)ccc1Cl. The van der Waals surface area contributed by atoms with Gasteiger partial charge in [-0.1, -0.05) is 41.9 Å². The number of halogens is 1. The second-order valence-corrected chi connectivity index (χ2v) is 8.05. The Morgan fingerprint density at radius 2 is 2.00 bits per heavy atom. The van der Waals surface area contributed by atoms with Crippen LogP contribution in [0.5, 0.6) is 0 Å². The second kappa shape index (κ2) is 11.8.